The molecule has 1 saturated heterocycles. The molecule has 0 bridgehead atoms. The van der Waals surface area contributed by atoms with Crippen LogP contribution in [0.5, 0.6) is 0 Å². The van der Waals surface area contributed by atoms with Crippen molar-refractivity contribution in [3.63, 3.8) is 0 Å². The van der Waals surface area contributed by atoms with Crippen molar-refractivity contribution in [1.29, 1.82) is 0 Å². The number of primary sulfonamides is 1. The van der Waals surface area contributed by atoms with E-state index in [-0.39, 0.29) is 22.3 Å². The van der Waals surface area contributed by atoms with Crippen LogP contribution >= 0.6 is 23.7 Å². The van der Waals surface area contributed by atoms with Crippen molar-refractivity contribution in [3.05, 3.63) is 47.9 Å². The molecule has 0 atom stereocenters. The number of hydrogen-bond acceptors (Lipinski definition) is 7. The largest absolute Gasteiger partial charge is 0.416 e. The molecule has 0 radical (unpaired) electrons. The van der Waals surface area contributed by atoms with Crippen LogP contribution in [0, 0.1) is 5.82 Å². The molecule has 0 aliphatic carbocycles. The van der Waals surface area contributed by atoms with Crippen molar-refractivity contribution in [1.82, 2.24) is 10.3 Å². The Hall–Kier alpha value is -2.19. The Kier molecular flexibility index (Phi) is 8.28. The Labute approximate surface area is 191 Å². The van der Waals surface area contributed by atoms with Gasteiger partial charge in [-0.05, 0) is 30.3 Å². The highest BCUT2D eigenvalue weighted by Gasteiger charge is 2.31. The van der Waals surface area contributed by atoms with Gasteiger partial charge in [0.1, 0.15) is 15.8 Å². The van der Waals surface area contributed by atoms with Crippen LogP contribution in [0.3, 0.4) is 0 Å². The van der Waals surface area contributed by atoms with Crippen LogP contribution in [0.4, 0.5) is 29.1 Å². The second-order valence-electron chi connectivity index (χ2n) is 6.66. The molecule has 1 fully saturated rings. The highest BCUT2D eigenvalue weighted by atomic mass is 35.5. The Morgan fingerprint density at radius 3 is 2.34 bits per heavy atom. The van der Waals surface area contributed by atoms with Crippen LogP contribution in [-0.2, 0) is 16.2 Å². The van der Waals surface area contributed by atoms with Gasteiger partial charge < -0.3 is 16.0 Å². The van der Waals surface area contributed by atoms with E-state index in [4.69, 9.17) is 10.9 Å². The number of piperazine rings is 1. The summed E-state index contributed by atoms with van der Waals surface area (Å²) in [6.45, 7) is 3.55. The molecule has 2 aromatic heterocycles. The maximum atomic E-state index is 12.4. The van der Waals surface area contributed by atoms with Crippen LogP contribution in [-0.4, -0.2) is 39.6 Å². The van der Waals surface area contributed by atoms with E-state index in [0.29, 0.717) is 12.1 Å². The number of alkyl halides is 3. The molecule has 5 N–H and O–H groups in total. The third-order valence-corrected chi connectivity index (χ3v) is 6.87. The molecule has 0 saturated carbocycles. The van der Waals surface area contributed by atoms with Crippen LogP contribution in [0.1, 0.15) is 5.56 Å². The highest BCUT2D eigenvalue weighted by Crippen LogP contribution is 2.33. The average Bonchev–Trinajstić information content (AvgIpc) is 3.13. The van der Waals surface area contributed by atoms with E-state index in [0.717, 1.165) is 48.1 Å². The number of nitrogen functional groups attached to an aromatic ring is 1. The first-order valence-electron chi connectivity index (χ1n) is 8.95. The number of hydrogen-bond donors (Lipinski definition) is 3. The smallest absolute Gasteiger partial charge is 0.399 e. The number of benzene rings is 1. The maximum Gasteiger partial charge on any atom is 0.416 e. The fourth-order valence-electron chi connectivity index (χ4n) is 2.97. The van der Waals surface area contributed by atoms with Gasteiger partial charge in [-0.15, -0.1) is 23.7 Å². The lowest BCUT2D eigenvalue weighted by Gasteiger charge is -2.28. The van der Waals surface area contributed by atoms with Crippen molar-refractivity contribution in [2.24, 2.45) is 5.14 Å². The maximum absolute atomic E-state index is 12.4. The Balaban J connectivity index is 0.000000244. The first kappa shape index (κ1) is 26.1. The Morgan fingerprint density at radius 1 is 1.12 bits per heavy atom. The second-order valence-corrected chi connectivity index (χ2v) is 9.54. The summed E-state index contributed by atoms with van der Waals surface area (Å²) in [5.74, 6) is -0.146. The van der Waals surface area contributed by atoms with E-state index in [2.05, 4.69) is 15.2 Å². The average molecular weight is 514 g/mol. The lowest BCUT2D eigenvalue weighted by molar-refractivity contribution is -0.137. The number of thiophene rings is 1. The third-order valence-electron chi connectivity index (χ3n) is 4.35. The minimum Gasteiger partial charge on any atom is -0.399 e. The topological polar surface area (TPSA) is 114 Å². The van der Waals surface area contributed by atoms with Crippen molar-refractivity contribution < 1.29 is 26.0 Å². The number of fused-ring (bicyclic) bond motifs is 1. The molecular weight excluding hydrogens is 494 g/mol. The SMILES string of the molecule is Cl.NS(=O)(=O)c1cc2c(N3CCNCC3)nccc2s1.Nc1cc(F)cc(C(F)(F)F)c1. The summed E-state index contributed by atoms with van der Waals surface area (Å²) in [7, 11) is -3.65. The van der Waals surface area contributed by atoms with E-state index in [9.17, 15) is 26.0 Å². The summed E-state index contributed by atoms with van der Waals surface area (Å²) in [5, 5.41) is 9.33. The number of sulfonamides is 1. The van der Waals surface area contributed by atoms with E-state index < -0.39 is 27.6 Å². The van der Waals surface area contributed by atoms with Gasteiger partial charge in [-0.3, -0.25) is 0 Å². The van der Waals surface area contributed by atoms with E-state index in [1.165, 1.54) is 11.3 Å². The molecule has 32 heavy (non-hydrogen) atoms. The molecule has 3 heterocycles. The third kappa shape index (κ3) is 6.42. The number of aromatic nitrogens is 1. The molecular formula is C18H20ClF4N5O2S2. The predicted molar refractivity (Wildman–Crippen MR) is 119 cm³/mol. The normalized spacial score (nSPS) is 14.5. The summed E-state index contributed by atoms with van der Waals surface area (Å²) < 4.78 is 72.1. The molecule has 14 heteroatoms. The van der Waals surface area contributed by atoms with Gasteiger partial charge in [0.25, 0.3) is 0 Å². The van der Waals surface area contributed by atoms with Crippen LogP contribution in [0.15, 0.2) is 40.7 Å². The Bertz CT molecular complexity index is 1160. The minimum absolute atomic E-state index is 0. The molecule has 176 valence electrons. The minimum atomic E-state index is -4.55. The Morgan fingerprint density at radius 2 is 1.78 bits per heavy atom. The van der Waals surface area contributed by atoms with Gasteiger partial charge in [-0.2, -0.15) is 13.2 Å². The van der Waals surface area contributed by atoms with Gasteiger partial charge in [-0.1, -0.05) is 0 Å². The number of nitrogens with one attached hydrogen (secondary N) is 1. The van der Waals surface area contributed by atoms with Gasteiger partial charge >= 0.3 is 6.18 Å². The molecule has 1 aromatic carbocycles. The fraction of sp³-hybridized carbons (Fsp3) is 0.278. The van der Waals surface area contributed by atoms with Gasteiger partial charge in [0.15, 0.2) is 0 Å². The molecule has 0 unspecified atom stereocenters. The number of nitrogens with zero attached hydrogens (tertiary/aromatic N) is 2. The summed E-state index contributed by atoms with van der Waals surface area (Å²) >= 11 is 1.19. The predicted octanol–water partition coefficient (Wildman–Crippen LogP) is 3.20. The monoisotopic (exact) mass is 513 g/mol. The number of halogens is 5. The number of anilines is 2. The molecule has 0 amide bonds. The standard InChI is InChI=1S/C11H14N4O2S2.C7H5F4N.ClH/c12-19(16,17)10-7-8-9(18-10)1-2-14-11(8)15-5-3-13-4-6-15;8-5-1-4(7(9,10)11)2-6(12)3-5;/h1-2,7,13H,3-6H2,(H2,12,16,17);1-3H,12H2;1H. The summed E-state index contributed by atoms with van der Waals surface area (Å²) in [5.41, 5.74) is 3.71. The van der Waals surface area contributed by atoms with Gasteiger partial charge in [0.05, 0.1) is 5.56 Å². The summed E-state index contributed by atoms with van der Waals surface area (Å²) in [4.78, 5) is 6.56. The quantitative estimate of drug-likeness (QED) is 0.358. The lowest BCUT2D eigenvalue weighted by Crippen LogP contribution is -2.43. The molecule has 1 aliphatic heterocycles. The number of nitrogens with two attached hydrogens (primary N) is 2. The van der Waals surface area contributed by atoms with Crippen molar-refractivity contribution in [2.75, 3.05) is 36.8 Å². The first-order valence-corrected chi connectivity index (χ1v) is 11.3. The van der Waals surface area contributed by atoms with Gasteiger partial charge in [0.2, 0.25) is 10.0 Å². The molecule has 7 nitrogen and oxygen atoms in total. The fourth-order valence-corrected chi connectivity index (χ4v) is 4.77. The first-order chi connectivity index (χ1) is 14.4. The van der Waals surface area contributed by atoms with E-state index in [1.54, 1.807) is 12.3 Å². The van der Waals surface area contributed by atoms with Crippen LogP contribution in [0.2, 0.25) is 0 Å². The van der Waals surface area contributed by atoms with Crippen LogP contribution < -0.4 is 21.1 Å². The van der Waals surface area contributed by atoms with Crippen molar-refractivity contribution >= 4 is 55.4 Å². The van der Waals surface area contributed by atoms with Crippen LogP contribution in [0.25, 0.3) is 10.1 Å². The highest BCUT2D eigenvalue weighted by molar-refractivity contribution is 7.91. The van der Waals surface area contributed by atoms with Crippen molar-refractivity contribution in [2.45, 2.75) is 10.4 Å². The zero-order valence-electron chi connectivity index (χ0n) is 16.4. The van der Waals surface area contributed by atoms with Gasteiger partial charge in [-0.25, -0.2) is 22.9 Å². The number of rotatable bonds is 2. The molecule has 0 spiro atoms. The molecule has 1 aliphatic rings. The second kappa shape index (κ2) is 10.2. The summed E-state index contributed by atoms with van der Waals surface area (Å²) in [6.07, 6.45) is -2.83. The lowest BCUT2D eigenvalue weighted by atomic mass is 10.2. The molecule has 3 aromatic rings. The molecule has 4 rings (SSSR count). The van der Waals surface area contributed by atoms with E-state index in [1.807, 2.05) is 6.07 Å². The zero-order valence-corrected chi connectivity index (χ0v) is 18.8. The van der Waals surface area contributed by atoms with Gasteiger partial charge in [0, 0.05) is 48.1 Å². The van der Waals surface area contributed by atoms with E-state index >= 15 is 0 Å². The summed E-state index contributed by atoms with van der Waals surface area (Å²) in [6, 6.07) is 5.36. The number of pyridine rings is 1. The zero-order chi connectivity index (χ0) is 22.8. The van der Waals surface area contributed by atoms with Crippen molar-refractivity contribution in [3.8, 4) is 0 Å².